The van der Waals surface area contributed by atoms with Gasteiger partial charge in [-0.3, -0.25) is 4.79 Å². The highest BCUT2D eigenvalue weighted by molar-refractivity contribution is 7.99. The first-order chi connectivity index (χ1) is 9.60. The molecule has 3 rings (SSSR count). The van der Waals surface area contributed by atoms with E-state index in [-0.39, 0.29) is 23.6 Å². The molecule has 108 valence electrons. The van der Waals surface area contributed by atoms with Crippen LogP contribution in [0.15, 0.2) is 18.2 Å². The third kappa shape index (κ3) is 2.32. The first-order valence-electron chi connectivity index (χ1n) is 6.90. The van der Waals surface area contributed by atoms with E-state index in [0.29, 0.717) is 5.25 Å². The first kappa shape index (κ1) is 13.9. The monoisotopic (exact) mass is 297 g/mol. The van der Waals surface area contributed by atoms with Crippen molar-refractivity contribution in [2.24, 2.45) is 0 Å². The van der Waals surface area contributed by atoms with Crippen LogP contribution in [0.4, 0.5) is 8.78 Å². The maximum absolute atomic E-state index is 13.3. The fourth-order valence-electron chi connectivity index (χ4n) is 3.43. The maximum Gasteiger partial charge on any atom is 0.254 e. The number of fused-ring (bicyclic) bond motifs is 2. The Morgan fingerprint density at radius 1 is 1.20 bits per heavy atom. The smallest absolute Gasteiger partial charge is 0.254 e. The van der Waals surface area contributed by atoms with Crippen molar-refractivity contribution in [2.45, 2.75) is 43.0 Å². The number of benzene rings is 1. The van der Waals surface area contributed by atoms with Crippen LogP contribution in [0, 0.1) is 11.6 Å². The Morgan fingerprint density at radius 2 is 1.85 bits per heavy atom. The lowest BCUT2D eigenvalue weighted by Crippen LogP contribution is -2.47. The minimum atomic E-state index is -0.956. The van der Waals surface area contributed by atoms with Gasteiger partial charge in [-0.25, -0.2) is 8.78 Å². The molecule has 1 aromatic carbocycles. The SMILES string of the molecule is CSC1C[C@H]2CC[C@@H](C1)N2C(=O)c1ccc(F)c(F)c1. The van der Waals surface area contributed by atoms with Crippen molar-refractivity contribution in [3.63, 3.8) is 0 Å². The van der Waals surface area contributed by atoms with Gasteiger partial charge in [-0.15, -0.1) is 0 Å². The molecule has 0 radical (unpaired) electrons. The Bertz CT molecular complexity index is 523. The van der Waals surface area contributed by atoms with E-state index in [2.05, 4.69) is 6.26 Å². The molecule has 0 aromatic heterocycles. The van der Waals surface area contributed by atoms with E-state index in [1.165, 1.54) is 6.07 Å². The van der Waals surface area contributed by atoms with Gasteiger partial charge in [0.1, 0.15) is 0 Å². The molecule has 1 unspecified atom stereocenters. The van der Waals surface area contributed by atoms with Crippen LogP contribution < -0.4 is 0 Å². The molecule has 3 atom stereocenters. The van der Waals surface area contributed by atoms with Gasteiger partial charge >= 0.3 is 0 Å². The summed E-state index contributed by atoms with van der Waals surface area (Å²) >= 11 is 1.86. The molecule has 20 heavy (non-hydrogen) atoms. The Hall–Kier alpha value is -1.10. The standard InChI is InChI=1S/C15H17F2NOS/c1-20-12-7-10-3-4-11(8-12)18(10)15(19)9-2-5-13(16)14(17)6-9/h2,5-6,10-12H,3-4,7-8H2,1H3/t10-,11+,12?. The summed E-state index contributed by atoms with van der Waals surface area (Å²) in [4.78, 5) is 14.5. The number of hydrogen-bond acceptors (Lipinski definition) is 2. The quantitative estimate of drug-likeness (QED) is 0.833. The minimum Gasteiger partial charge on any atom is -0.333 e. The summed E-state index contributed by atoms with van der Waals surface area (Å²) in [5.41, 5.74) is 0.253. The van der Waals surface area contributed by atoms with E-state index < -0.39 is 11.6 Å². The van der Waals surface area contributed by atoms with Gasteiger partial charge in [-0.2, -0.15) is 11.8 Å². The Kier molecular flexibility index (Phi) is 3.71. The molecule has 2 aliphatic heterocycles. The minimum absolute atomic E-state index is 0.157. The highest BCUT2D eigenvalue weighted by Gasteiger charge is 2.43. The number of carbonyl (C=O) groups is 1. The Morgan fingerprint density at radius 3 is 2.40 bits per heavy atom. The zero-order valence-electron chi connectivity index (χ0n) is 11.3. The van der Waals surface area contributed by atoms with Crippen molar-refractivity contribution in [3.05, 3.63) is 35.4 Å². The Balaban J connectivity index is 1.83. The van der Waals surface area contributed by atoms with E-state index in [1.54, 1.807) is 0 Å². The molecular weight excluding hydrogens is 280 g/mol. The summed E-state index contributed by atoms with van der Waals surface area (Å²) in [5.74, 6) is -2.02. The third-order valence-electron chi connectivity index (χ3n) is 4.42. The van der Waals surface area contributed by atoms with E-state index in [4.69, 9.17) is 0 Å². The summed E-state index contributed by atoms with van der Waals surface area (Å²) in [7, 11) is 0. The molecule has 2 aliphatic rings. The molecular formula is C15H17F2NOS. The van der Waals surface area contributed by atoms with Crippen molar-refractivity contribution in [1.82, 2.24) is 4.90 Å². The molecule has 2 nitrogen and oxygen atoms in total. The number of piperidine rings is 1. The van der Waals surface area contributed by atoms with Gasteiger partial charge in [0.05, 0.1) is 0 Å². The van der Waals surface area contributed by atoms with Crippen LogP contribution in [0.5, 0.6) is 0 Å². The van der Waals surface area contributed by atoms with Gasteiger partial charge in [0.25, 0.3) is 5.91 Å². The average molecular weight is 297 g/mol. The summed E-state index contributed by atoms with van der Waals surface area (Å²) in [6, 6.07) is 3.93. The number of hydrogen-bond donors (Lipinski definition) is 0. The van der Waals surface area contributed by atoms with Crippen molar-refractivity contribution >= 4 is 17.7 Å². The third-order valence-corrected chi connectivity index (χ3v) is 5.48. The predicted molar refractivity (Wildman–Crippen MR) is 75.9 cm³/mol. The zero-order chi connectivity index (χ0) is 14.3. The molecule has 0 aliphatic carbocycles. The van der Waals surface area contributed by atoms with E-state index >= 15 is 0 Å². The van der Waals surface area contributed by atoms with Crippen LogP contribution in [-0.2, 0) is 0 Å². The number of nitrogens with zero attached hydrogens (tertiary/aromatic N) is 1. The molecule has 2 fully saturated rings. The molecule has 1 aromatic rings. The van der Waals surface area contributed by atoms with Crippen LogP contribution in [0.3, 0.4) is 0 Å². The first-order valence-corrected chi connectivity index (χ1v) is 8.19. The second-order valence-electron chi connectivity index (χ2n) is 5.56. The lowest BCUT2D eigenvalue weighted by atomic mass is 10.0. The molecule has 0 saturated carbocycles. The maximum atomic E-state index is 13.3. The second kappa shape index (κ2) is 5.35. The highest BCUT2D eigenvalue weighted by Crippen LogP contribution is 2.40. The number of carbonyl (C=O) groups excluding carboxylic acids is 1. The molecule has 2 heterocycles. The molecule has 2 bridgehead atoms. The van der Waals surface area contributed by atoms with Crippen LogP contribution in [-0.4, -0.2) is 34.4 Å². The number of thioether (sulfide) groups is 1. The van der Waals surface area contributed by atoms with Gasteiger partial charge in [0, 0.05) is 22.9 Å². The van der Waals surface area contributed by atoms with E-state index in [1.807, 2.05) is 16.7 Å². The summed E-state index contributed by atoms with van der Waals surface area (Å²) < 4.78 is 26.2. The lowest BCUT2D eigenvalue weighted by molar-refractivity contribution is 0.0601. The predicted octanol–water partition coefficient (Wildman–Crippen LogP) is 3.46. The molecule has 0 spiro atoms. The summed E-state index contributed by atoms with van der Waals surface area (Å²) in [5, 5.41) is 0.613. The van der Waals surface area contributed by atoms with Crippen LogP contribution in [0.1, 0.15) is 36.0 Å². The molecule has 5 heteroatoms. The number of amides is 1. The van der Waals surface area contributed by atoms with Gasteiger partial charge in [-0.1, -0.05) is 0 Å². The van der Waals surface area contributed by atoms with E-state index in [0.717, 1.165) is 37.8 Å². The van der Waals surface area contributed by atoms with Crippen LogP contribution >= 0.6 is 11.8 Å². The van der Waals surface area contributed by atoms with Crippen molar-refractivity contribution < 1.29 is 13.6 Å². The fourth-order valence-corrected chi connectivity index (χ4v) is 4.26. The van der Waals surface area contributed by atoms with Crippen molar-refractivity contribution in [3.8, 4) is 0 Å². The zero-order valence-corrected chi connectivity index (χ0v) is 12.1. The van der Waals surface area contributed by atoms with Crippen molar-refractivity contribution in [2.75, 3.05) is 6.26 Å². The van der Waals surface area contributed by atoms with Gasteiger partial charge in [-0.05, 0) is 50.1 Å². The molecule has 2 saturated heterocycles. The highest BCUT2D eigenvalue weighted by atomic mass is 32.2. The van der Waals surface area contributed by atoms with Crippen molar-refractivity contribution in [1.29, 1.82) is 0 Å². The molecule has 1 amide bonds. The normalized spacial score (nSPS) is 28.8. The summed E-state index contributed by atoms with van der Waals surface area (Å²) in [6.45, 7) is 0. The second-order valence-corrected chi connectivity index (χ2v) is 6.69. The fraction of sp³-hybridized carbons (Fsp3) is 0.533. The molecule has 0 N–H and O–H groups in total. The Labute approximate surface area is 121 Å². The van der Waals surface area contributed by atoms with Gasteiger partial charge in [0.2, 0.25) is 0 Å². The summed E-state index contributed by atoms with van der Waals surface area (Å²) in [6.07, 6.45) is 6.17. The lowest BCUT2D eigenvalue weighted by Gasteiger charge is -2.38. The largest absolute Gasteiger partial charge is 0.333 e. The topological polar surface area (TPSA) is 20.3 Å². The van der Waals surface area contributed by atoms with E-state index in [9.17, 15) is 13.6 Å². The number of halogens is 2. The van der Waals surface area contributed by atoms with Crippen LogP contribution in [0.2, 0.25) is 0 Å². The van der Waals surface area contributed by atoms with Crippen LogP contribution in [0.25, 0.3) is 0 Å². The van der Waals surface area contributed by atoms with Gasteiger partial charge < -0.3 is 4.90 Å². The average Bonchev–Trinajstić information content (AvgIpc) is 2.71. The van der Waals surface area contributed by atoms with Gasteiger partial charge in [0.15, 0.2) is 11.6 Å². The number of rotatable bonds is 2.